The van der Waals surface area contributed by atoms with Gasteiger partial charge in [-0.15, -0.1) is 11.6 Å². The van der Waals surface area contributed by atoms with Crippen molar-refractivity contribution in [1.29, 1.82) is 0 Å². The minimum atomic E-state index is -3.42. The number of piperazine rings is 1. The Kier molecular flexibility index (Phi) is 6.96. The Balaban J connectivity index is 2.33. The number of nitrogens with one attached hydrogen (secondary N) is 1. The molecule has 1 heterocycles. The van der Waals surface area contributed by atoms with E-state index >= 15 is 0 Å². The standard InChI is InChI=1S/C17H28ClN3O3S/c1-13(2)25(23,24)17-5-4-14(21-8-6-20(3)7-9-21)10-16(17)19-12-15(22)11-18/h4-5,10,13,15,19,22H,6-9,11-12H2,1-3H3. The second-order valence-electron chi connectivity index (χ2n) is 6.75. The molecule has 1 unspecified atom stereocenters. The van der Waals surface area contributed by atoms with Crippen molar-refractivity contribution in [2.75, 3.05) is 55.9 Å². The second-order valence-corrected chi connectivity index (χ2v) is 9.53. The molecule has 25 heavy (non-hydrogen) atoms. The van der Waals surface area contributed by atoms with Gasteiger partial charge in [0.25, 0.3) is 0 Å². The number of benzene rings is 1. The number of aliphatic hydroxyl groups is 1. The van der Waals surface area contributed by atoms with Gasteiger partial charge in [-0.3, -0.25) is 0 Å². The fourth-order valence-electron chi connectivity index (χ4n) is 2.70. The normalized spacial score (nSPS) is 17.8. The first-order valence-electron chi connectivity index (χ1n) is 8.55. The zero-order valence-electron chi connectivity index (χ0n) is 15.1. The average Bonchev–Trinajstić information content (AvgIpc) is 2.59. The molecule has 1 atom stereocenters. The van der Waals surface area contributed by atoms with Crippen molar-refractivity contribution in [3.05, 3.63) is 18.2 Å². The highest BCUT2D eigenvalue weighted by atomic mass is 35.5. The van der Waals surface area contributed by atoms with Crippen LogP contribution in [0, 0.1) is 0 Å². The minimum Gasteiger partial charge on any atom is -0.390 e. The van der Waals surface area contributed by atoms with Crippen LogP contribution < -0.4 is 10.2 Å². The summed E-state index contributed by atoms with van der Waals surface area (Å²) in [7, 11) is -1.33. The van der Waals surface area contributed by atoms with Crippen LogP contribution in [0.2, 0.25) is 0 Å². The number of hydrogen-bond donors (Lipinski definition) is 2. The summed E-state index contributed by atoms with van der Waals surface area (Å²) in [5.41, 5.74) is 1.51. The van der Waals surface area contributed by atoms with Crippen LogP contribution in [0.1, 0.15) is 13.8 Å². The number of nitrogens with zero attached hydrogens (tertiary/aromatic N) is 2. The first kappa shape index (κ1) is 20.3. The van der Waals surface area contributed by atoms with Gasteiger partial charge < -0.3 is 20.2 Å². The number of aliphatic hydroxyl groups excluding tert-OH is 1. The Morgan fingerprint density at radius 1 is 1.24 bits per heavy atom. The summed E-state index contributed by atoms with van der Waals surface area (Å²) in [5.74, 6) is 0.0947. The highest BCUT2D eigenvalue weighted by Gasteiger charge is 2.24. The summed E-state index contributed by atoms with van der Waals surface area (Å²) in [6, 6.07) is 5.39. The maximum absolute atomic E-state index is 12.6. The Morgan fingerprint density at radius 3 is 2.44 bits per heavy atom. The predicted molar refractivity (Wildman–Crippen MR) is 104 cm³/mol. The first-order valence-corrected chi connectivity index (χ1v) is 10.6. The molecule has 6 nitrogen and oxygen atoms in total. The molecule has 1 fully saturated rings. The van der Waals surface area contributed by atoms with E-state index in [-0.39, 0.29) is 17.3 Å². The van der Waals surface area contributed by atoms with Crippen LogP contribution in [0.15, 0.2) is 23.1 Å². The monoisotopic (exact) mass is 389 g/mol. The molecule has 0 bridgehead atoms. The molecule has 1 aromatic rings. The van der Waals surface area contributed by atoms with Gasteiger partial charge in [-0.1, -0.05) is 0 Å². The van der Waals surface area contributed by atoms with Crippen molar-refractivity contribution in [2.24, 2.45) is 0 Å². The lowest BCUT2D eigenvalue weighted by atomic mass is 10.2. The van der Waals surface area contributed by atoms with E-state index in [0.717, 1.165) is 31.9 Å². The molecule has 0 saturated carbocycles. The quantitative estimate of drug-likeness (QED) is 0.690. The van der Waals surface area contributed by atoms with Crippen LogP contribution in [0.5, 0.6) is 0 Å². The molecule has 1 aliphatic heterocycles. The van der Waals surface area contributed by atoms with E-state index in [1.165, 1.54) is 0 Å². The molecule has 0 aromatic heterocycles. The summed E-state index contributed by atoms with van der Waals surface area (Å²) in [4.78, 5) is 4.78. The first-order chi connectivity index (χ1) is 11.8. The largest absolute Gasteiger partial charge is 0.390 e. The molecule has 0 amide bonds. The smallest absolute Gasteiger partial charge is 0.182 e. The number of halogens is 1. The van der Waals surface area contributed by atoms with Crippen LogP contribution in [0.3, 0.4) is 0 Å². The molecule has 0 aliphatic carbocycles. The van der Waals surface area contributed by atoms with Crippen LogP contribution in [-0.4, -0.2) is 75.4 Å². The Morgan fingerprint density at radius 2 is 1.88 bits per heavy atom. The summed E-state index contributed by atoms with van der Waals surface area (Å²) < 4.78 is 25.3. The van der Waals surface area contributed by atoms with Gasteiger partial charge in [0.15, 0.2) is 9.84 Å². The van der Waals surface area contributed by atoms with Gasteiger partial charge in [-0.05, 0) is 39.1 Å². The SMILES string of the molecule is CC(C)S(=O)(=O)c1ccc(N2CCN(C)CC2)cc1NCC(O)CCl. The number of alkyl halides is 1. The lowest BCUT2D eigenvalue weighted by Crippen LogP contribution is -2.44. The van der Waals surface area contributed by atoms with Crippen molar-refractivity contribution in [2.45, 2.75) is 30.1 Å². The number of likely N-dealkylation sites (N-methyl/N-ethyl adjacent to an activating group) is 1. The molecule has 142 valence electrons. The molecular formula is C17H28ClN3O3S. The molecule has 1 aromatic carbocycles. The maximum atomic E-state index is 12.6. The molecule has 2 rings (SSSR count). The number of rotatable bonds is 7. The van der Waals surface area contributed by atoms with Crippen molar-refractivity contribution < 1.29 is 13.5 Å². The summed E-state index contributed by atoms with van der Waals surface area (Å²) in [6.07, 6.45) is -0.733. The van der Waals surface area contributed by atoms with Gasteiger partial charge >= 0.3 is 0 Å². The fraction of sp³-hybridized carbons (Fsp3) is 0.647. The second kappa shape index (κ2) is 8.58. The van der Waals surface area contributed by atoms with Crippen LogP contribution in [0.4, 0.5) is 11.4 Å². The maximum Gasteiger partial charge on any atom is 0.182 e. The van der Waals surface area contributed by atoms with E-state index in [1.54, 1.807) is 19.9 Å². The lowest BCUT2D eigenvalue weighted by Gasteiger charge is -2.34. The van der Waals surface area contributed by atoms with E-state index in [1.807, 2.05) is 12.1 Å². The molecule has 8 heteroatoms. The van der Waals surface area contributed by atoms with E-state index < -0.39 is 21.2 Å². The van der Waals surface area contributed by atoms with Crippen molar-refractivity contribution in [1.82, 2.24) is 4.90 Å². The van der Waals surface area contributed by atoms with Crippen LogP contribution >= 0.6 is 11.6 Å². The molecule has 2 N–H and O–H groups in total. The predicted octanol–water partition coefficient (Wildman–Crippen LogP) is 1.63. The number of anilines is 2. The summed E-state index contributed by atoms with van der Waals surface area (Å²) in [6.45, 7) is 7.28. The van der Waals surface area contributed by atoms with Gasteiger partial charge in [0.2, 0.25) is 0 Å². The summed E-state index contributed by atoms with van der Waals surface area (Å²) in [5, 5.41) is 12.3. The zero-order valence-corrected chi connectivity index (χ0v) is 16.6. The van der Waals surface area contributed by atoms with Crippen molar-refractivity contribution in [3.63, 3.8) is 0 Å². The van der Waals surface area contributed by atoms with Gasteiger partial charge in [-0.25, -0.2) is 8.42 Å². The fourth-order valence-corrected chi connectivity index (χ4v) is 4.01. The van der Waals surface area contributed by atoms with Crippen molar-refractivity contribution >= 4 is 32.8 Å². The van der Waals surface area contributed by atoms with Gasteiger partial charge in [-0.2, -0.15) is 0 Å². The molecule has 1 saturated heterocycles. The van der Waals surface area contributed by atoms with E-state index in [0.29, 0.717) is 5.69 Å². The number of sulfone groups is 1. The molecule has 1 aliphatic rings. The van der Waals surface area contributed by atoms with E-state index in [9.17, 15) is 13.5 Å². The minimum absolute atomic E-state index is 0.0947. The highest BCUT2D eigenvalue weighted by molar-refractivity contribution is 7.92. The third-order valence-electron chi connectivity index (χ3n) is 4.46. The third kappa shape index (κ3) is 5.00. The Bertz CT molecular complexity index is 674. The highest BCUT2D eigenvalue weighted by Crippen LogP contribution is 2.30. The topological polar surface area (TPSA) is 72.9 Å². The van der Waals surface area contributed by atoms with Gasteiger partial charge in [0.05, 0.1) is 27.8 Å². The number of hydrogen-bond acceptors (Lipinski definition) is 6. The summed E-state index contributed by atoms with van der Waals surface area (Å²) >= 11 is 5.64. The zero-order chi connectivity index (χ0) is 18.6. The average molecular weight is 390 g/mol. The van der Waals surface area contributed by atoms with E-state index in [2.05, 4.69) is 22.2 Å². The lowest BCUT2D eigenvalue weighted by molar-refractivity contribution is 0.211. The molecular weight excluding hydrogens is 362 g/mol. The Labute approximate surface area is 155 Å². The van der Waals surface area contributed by atoms with Crippen molar-refractivity contribution in [3.8, 4) is 0 Å². The molecule has 0 radical (unpaired) electrons. The molecule has 0 spiro atoms. The van der Waals surface area contributed by atoms with Crippen LogP contribution in [0.25, 0.3) is 0 Å². The third-order valence-corrected chi connectivity index (χ3v) is 7.03. The van der Waals surface area contributed by atoms with Gasteiger partial charge in [0.1, 0.15) is 0 Å². The van der Waals surface area contributed by atoms with Gasteiger partial charge in [0, 0.05) is 38.4 Å². The Hall–Kier alpha value is -1.02. The van der Waals surface area contributed by atoms with Crippen LogP contribution in [-0.2, 0) is 9.84 Å². The van der Waals surface area contributed by atoms with E-state index in [4.69, 9.17) is 11.6 Å².